The van der Waals surface area contributed by atoms with Gasteiger partial charge in [-0.1, -0.05) is 48.5 Å². The monoisotopic (exact) mass is 241 g/mol. The fourth-order valence-electron chi connectivity index (χ4n) is 2.05. The van der Waals surface area contributed by atoms with E-state index in [1.54, 1.807) is 0 Å². The highest BCUT2D eigenvalue weighted by Gasteiger charge is 2.13. The Morgan fingerprint density at radius 2 is 1.56 bits per heavy atom. The van der Waals surface area contributed by atoms with E-state index in [1.165, 1.54) is 0 Å². The summed E-state index contributed by atoms with van der Waals surface area (Å²) in [6, 6.07) is 16.3. The SMILES string of the molecule is Cc1cccc(C)c1O[C@@H](CN)c1ccccc1. The molecule has 0 amide bonds. The maximum Gasteiger partial charge on any atom is 0.136 e. The van der Waals surface area contributed by atoms with Gasteiger partial charge in [0.15, 0.2) is 0 Å². The maximum atomic E-state index is 6.09. The predicted molar refractivity (Wildman–Crippen MR) is 74.8 cm³/mol. The van der Waals surface area contributed by atoms with Crippen LogP contribution >= 0.6 is 0 Å². The van der Waals surface area contributed by atoms with Gasteiger partial charge in [-0.15, -0.1) is 0 Å². The second kappa shape index (κ2) is 5.69. The molecule has 94 valence electrons. The van der Waals surface area contributed by atoms with Crippen molar-refractivity contribution >= 4 is 0 Å². The molecule has 0 aliphatic heterocycles. The standard InChI is InChI=1S/C16H19NO/c1-12-7-6-8-13(2)16(12)18-15(11-17)14-9-4-3-5-10-14/h3-10,15H,11,17H2,1-2H3/t15-/m0/s1. The molecule has 0 fully saturated rings. The van der Waals surface area contributed by atoms with Crippen molar-refractivity contribution < 1.29 is 4.74 Å². The van der Waals surface area contributed by atoms with Gasteiger partial charge in [-0.05, 0) is 30.5 Å². The third-order valence-corrected chi connectivity index (χ3v) is 3.05. The zero-order valence-corrected chi connectivity index (χ0v) is 10.9. The highest BCUT2D eigenvalue weighted by Crippen LogP contribution is 2.27. The fourth-order valence-corrected chi connectivity index (χ4v) is 2.05. The minimum Gasteiger partial charge on any atom is -0.484 e. The molecule has 0 saturated heterocycles. The zero-order valence-electron chi connectivity index (χ0n) is 10.9. The molecule has 0 aliphatic carbocycles. The zero-order chi connectivity index (χ0) is 13.0. The molecule has 18 heavy (non-hydrogen) atoms. The van der Waals surface area contributed by atoms with E-state index in [0.717, 1.165) is 22.4 Å². The molecule has 2 nitrogen and oxygen atoms in total. The molecule has 2 aromatic carbocycles. The first-order chi connectivity index (χ1) is 8.72. The largest absolute Gasteiger partial charge is 0.484 e. The summed E-state index contributed by atoms with van der Waals surface area (Å²) in [5.74, 6) is 0.941. The van der Waals surface area contributed by atoms with Crippen LogP contribution in [0, 0.1) is 13.8 Å². The Morgan fingerprint density at radius 3 is 2.11 bits per heavy atom. The van der Waals surface area contributed by atoms with Crippen LogP contribution in [0.4, 0.5) is 0 Å². The fraction of sp³-hybridized carbons (Fsp3) is 0.250. The van der Waals surface area contributed by atoms with Crippen molar-refractivity contribution in [3.8, 4) is 5.75 Å². The average molecular weight is 241 g/mol. The number of hydrogen-bond acceptors (Lipinski definition) is 2. The summed E-state index contributed by atoms with van der Waals surface area (Å²) in [5.41, 5.74) is 9.23. The summed E-state index contributed by atoms with van der Waals surface area (Å²) in [4.78, 5) is 0. The Morgan fingerprint density at radius 1 is 0.944 bits per heavy atom. The molecule has 0 radical (unpaired) electrons. The summed E-state index contributed by atoms with van der Waals surface area (Å²) in [6.45, 7) is 4.58. The van der Waals surface area contributed by atoms with E-state index >= 15 is 0 Å². The Labute approximate surface area is 108 Å². The van der Waals surface area contributed by atoms with Gasteiger partial charge in [0.1, 0.15) is 11.9 Å². The van der Waals surface area contributed by atoms with Crippen LogP contribution < -0.4 is 10.5 Å². The van der Waals surface area contributed by atoms with Gasteiger partial charge in [-0.25, -0.2) is 0 Å². The van der Waals surface area contributed by atoms with Gasteiger partial charge in [-0.3, -0.25) is 0 Å². The highest BCUT2D eigenvalue weighted by atomic mass is 16.5. The quantitative estimate of drug-likeness (QED) is 0.890. The van der Waals surface area contributed by atoms with Gasteiger partial charge in [-0.2, -0.15) is 0 Å². The Kier molecular flexibility index (Phi) is 4.00. The lowest BCUT2D eigenvalue weighted by molar-refractivity contribution is 0.211. The summed E-state index contributed by atoms with van der Waals surface area (Å²) >= 11 is 0. The molecule has 1 atom stereocenters. The van der Waals surface area contributed by atoms with Gasteiger partial charge < -0.3 is 10.5 Å². The number of rotatable bonds is 4. The van der Waals surface area contributed by atoms with E-state index in [9.17, 15) is 0 Å². The van der Waals surface area contributed by atoms with Crippen LogP contribution in [0.25, 0.3) is 0 Å². The van der Waals surface area contributed by atoms with Gasteiger partial charge in [0.05, 0.1) is 0 Å². The number of benzene rings is 2. The maximum absolute atomic E-state index is 6.09. The topological polar surface area (TPSA) is 35.2 Å². The Hall–Kier alpha value is -1.80. The van der Waals surface area contributed by atoms with Crippen molar-refractivity contribution in [3.05, 3.63) is 65.2 Å². The number of para-hydroxylation sites is 1. The van der Waals surface area contributed by atoms with E-state index in [1.807, 2.05) is 36.4 Å². The minimum atomic E-state index is -0.0917. The smallest absolute Gasteiger partial charge is 0.136 e. The molecule has 0 bridgehead atoms. The summed E-state index contributed by atoms with van der Waals surface area (Å²) in [5, 5.41) is 0. The lowest BCUT2D eigenvalue weighted by Gasteiger charge is -2.20. The number of nitrogens with two attached hydrogens (primary N) is 1. The van der Waals surface area contributed by atoms with E-state index in [4.69, 9.17) is 10.5 Å². The number of ether oxygens (including phenoxy) is 1. The van der Waals surface area contributed by atoms with Crippen LogP contribution in [-0.4, -0.2) is 6.54 Å². The first kappa shape index (κ1) is 12.7. The highest BCUT2D eigenvalue weighted by molar-refractivity contribution is 5.40. The Balaban J connectivity index is 2.26. The van der Waals surface area contributed by atoms with Crippen molar-refractivity contribution in [2.75, 3.05) is 6.54 Å². The molecular formula is C16H19NO. The van der Waals surface area contributed by atoms with E-state index in [-0.39, 0.29) is 6.10 Å². The lowest BCUT2D eigenvalue weighted by atomic mass is 10.1. The van der Waals surface area contributed by atoms with E-state index in [2.05, 4.69) is 26.0 Å². The van der Waals surface area contributed by atoms with Gasteiger partial charge in [0, 0.05) is 6.54 Å². The molecule has 0 spiro atoms. The van der Waals surface area contributed by atoms with Gasteiger partial charge in [0.2, 0.25) is 0 Å². The molecule has 0 heterocycles. The van der Waals surface area contributed by atoms with Crippen molar-refractivity contribution in [1.82, 2.24) is 0 Å². The minimum absolute atomic E-state index is 0.0917. The van der Waals surface area contributed by atoms with Crippen molar-refractivity contribution in [1.29, 1.82) is 0 Å². The number of aryl methyl sites for hydroxylation is 2. The molecule has 0 aromatic heterocycles. The average Bonchev–Trinajstić information content (AvgIpc) is 2.40. The third-order valence-electron chi connectivity index (χ3n) is 3.05. The molecule has 2 rings (SSSR count). The van der Waals surface area contributed by atoms with Gasteiger partial charge >= 0.3 is 0 Å². The van der Waals surface area contributed by atoms with Crippen molar-refractivity contribution in [2.24, 2.45) is 5.73 Å². The second-order valence-corrected chi connectivity index (χ2v) is 4.47. The molecular weight excluding hydrogens is 222 g/mol. The Bertz CT molecular complexity index is 488. The third kappa shape index (κ3) is 2.71. The van der Waals surface area contributed by atoms with E-state index < -0.39 is 0 Å². The first-order valence-electron chi connectivity index (χ1n) is 6.20. The van der Waals surface area contributed by atoms with Crippen LogP contribution in [-0.2, 0) is 0 Å². The predicted octanol–water partition coefficient (Wildman–Crippen LogP) is 3.38. The normalized spacial score (nSPS) is 12.2. The van der Waals surface area contributed by atoms with Crippen LogP contribution in [0.15, 0.2) is 48.5 Å². The summed E-state index contributed by atoms with van der Waals surface area (Å²) in [7, 11) is 0. The van der Waals surface area contributed by atoms with E-state index in [0.29, 0.717) is 6.54 Å². The van der Waals surface area contributed by atoms with Crippen molar-refractivity contribution in [3.63, 3.8) is 0 Å². The first-order valence-corrected chi connectivity index (χ1v) is 6.20. The second-order valence-electron chi connectivity index (χ2n) is 4.47. The van der Waals surface area contributed by atoms with Crippen molar-refractivity contribution in [2.45, 2.75) is 20.0 Å². The number of hydrogen-bond donors (Lipinski definition) is 1. The molecule has 0 saturated carbocycles. The van der Waals surface area contributed by atoms with Crippen LogP contribution in [0.3, 0.4) is 0 Å². The molecule has 0 unspecified atom stereocenters. The molecule has 2 heteroatoms. The van der Waals surface area contributed by atoms with Crippen LogP contribution in [0.5, 0.6) is 5.75 Å². The molecule has 2 N–H and O–H groups in total. The van der Waals surface area contributed by atoms with Crippen LogP contribution in [0.2, 0.25) is 0 Å². The summed E-state index contributed by atoms with van der Waals surface area (Å²) < 4.78 is 6.09. The lowest BCUT2D eigenvalue weighted by Crippen LogP contribution is -2.19. The van der Waals surface area contributed by atoms with Crippen LogP contribution in [0.1, 0.15) is 22.8 Å². The van der Waals surface area contributed by atoms with Gasteiger partial charge in [0.25, 0.3) is 0 Å². The molecule has 2 aromatic rings. The molecule has 0 aliphatic rings. The summed E-state index contributed by atoms with van der Waals surface area (Å²) in [6.07, 6.45) is -0.0917.